The number of phenolic OH excluding ortho intramolecular Hbond substituents is 1. The lowest BCUT2D eigenvalue weighted by atomic mass is 10.2. The fourth-order valence-electron chi connectivity index (χ4n) is 1.48. The molecule has 0 unspecified atom stereocenters. The number of phenols is 1. The van der Waals surface area contributed by atoms with E-state index < -0.39 is 0 Å². The van der Waals surface area contributed by atoms with Crippen LogP contribution in [-0.4, -0.2) is 5.11 Å². The van der Waals surface area contributed by atoms with Gasteiger partial charge in [-0.2, -0.15) is 10.2 Å². The van der Waals surface area contributed by atoms with Gasteiger partial charge in [0.25, 0.3) is 0 Å². The monoisotopic (exact) mass is 238 g/mol. The van der Waals surface area contributed by atoms with Crippen molar-refractivity contribution in [1.29, 1.82) is 0 Å². The van der Waals surface area contributed by atoms with Gasteiger partial charge < -0.3 is 5.11 Å². The van der Waals surface area contributed by atoms with Crippen molar-refractivity contribution in [3.05, 3.63) is 60.2 Å². The zero-order valence-corrected chi connectivity index (χ0v) is 10.1. The van der Waals surface area contributed by atoms with E-state index in [0.717, 1.165) is 11.3 Å². The molecule has 0 atom stereocenters. The van der Waals surface area contributed by atoms with Gasteiger partial charge in [-0.3, -0.25) is 0 Å². The predicted octanol–water partition coefficient (Wildman–Crippen LogP) is 4.84. The molecule has 0 saturated heterocycles. The van der Waals surface area contributed by atoms with E-state index in [0.29, 0.717) is 5.69 Å². The fourth-order valence-corrected chi connectivity index (χ4v) is 1.48. The van der Waals surface area contributed by atoms with Crippen molar-refractivity contribution in [1.82, 2.24) is 0 Å². The highest BCUT2D eigenvalue weighted by Crippen LogP contribution is 2.20. The van der Waals surface area contributed by atoms with Crippen molar-refractivity contribution in [3.63, 3.8) is 0 Å². The maximum Gasteiger partial charge on any atom is 0.115 e. The summed E-state index contributed by atoms with van der Waals surface area (Å²) < 4.78 is 0. The molecule has 1 N–H and O–H groups in total. The predicted molar refractivity (Wildman–Crippen MR) is 73.4 cm³/mol. The molecule has 0 aromatic heterocycles. The van der Waals surface area contributed by atoms with E-state index >= 15 is 0 Å². The van der Waals surface area contributed by atoms with Crippen LogP contribution in [0.3, 0.4) is 0 Å². The first-order valence-electron chi connectivity index (χ1n) is 5.71. The number of azo groups is 1. The smallest absolute Gasteiger partial charge is 0.115 e. The summed E-state index contributed by atoms with van der Waals surface area (Å²) in [4.78, 5) is 0. The number of hydrogen-bond donors (Lipinski definition) is 1. The van der Waals surface area contributed by atoms with Crippen molar-refractivity contribution in [3.8, 4) is 5.75 Å². The second kappa shape index (κ2) is 5.77. The molecule has 2 rings (SSSR count). The molecule has 0 amide bonds. The summed E-state index contributed by atoms with van der Waals surface area (Å²) >= 11 is 0. The number of aromatic hydroxyl groups is 1. The van der Waals surface area contributed by atoms with Gasteiger partial charge in [0, 0.05) is 0 Å². The Morgan fingerprint density at radius 3 is 1.83 bits per heavy atom. The van der Waals surface area contributed by atoms with E-state index in [1.165, 1.54) is 0 Å². The standard InChI is InChI=1S/C15H14N2O/c1-2-3-12-4-6-13(7-5-12)16-17-14-8-10-15(18)11-9-14/h2-11,18H,1H3. The number of benzene rings is 2. The van der Waals surface area contributed by atoms with Crippen LogP contribution in [0.15, 0.2) is 64.8 Å². The van der Waals surface area contributed by atoms with Gasteiger partial charge in [0.1, 0.15) is 5.75 Å². The van der Waals surface area contributed by atoms with E-state index in [4.69, 9.17) is 5.11 Å². The molecule has 0 heterocycles. The van der Waals surface area contributed by atoms with Gasteiger partial charge in [-0.15, -0.1) is 0 Å². The molecule has 3 heteroatoms. The van der Waals surface area contributed by atoms with Gasteiger partial charge in [0.15, 0.2) is 0 Å². The lowest BCUT2D eigenvalue weighted by Gasteiger charge is -1.95. The zero-order valence-electron chi connectivity index (χ0n) is 10.1. The number of allylic oxidation sites excluding steroid dienone is 1. The largest absolute Gasteiger partial charge is 0.508 e. The lowest BCUT2D eigenvalue weighted by Crippen LogP contribution is -1.69. The maximum atomic E-state index is 9.14. The average Bonchev–Trinajstić information content (AvgIpc) is 2.40. The molecule has 0 aliphatic carbocycles. The lowest BCUT2D eigenvalue weighted by molar-refractivity contribution is 0.475. The average molecular weight is 238 g/mol. The van der Waals surface area contributed by atoms with E-state index in [1.807, 2.05) is 43.3 Å². The van der Waals surface area contributed by atoms with Crippen LogP contribution < -0.4 is 0 Å². The number of hydrogen-bond acceptors (Lipinski definition) is 3. The maximum absolute atomic E-state index is 9.14. The molecule has 90 valence electrons. The molecule has 0 bridgehead atoms. The Hall–Kier alpha value is -2.42. The summed E-state index contributed by atoms with van der Waals surface area (Å²) in [5.41, 5.74) is 2.66. The highest BCUT2D eigenvalue weighted by atomic mass is 16.3. The minimum absolute atomic E-state index is 0.227. The van der Waals surface area contributed by atoms with Gasteiger partial charge >= 0.3 is 0 Å². The summed E-state index contributed by atoms with van der Waals surface area (Å²) in [6.07, 6.45) is 4.02. The van der Waals surface area contributed by atoms with Crippen LogP contribution in [-0.2, 0) is 0 Å². The number of rotatable bonds is 3. The Labute approximate surface area is 106 Å². The highest BCUT2D eigenvalue weighted by Gasteiger charge is 1.92. The van der Waals surface area contributed by atoms with Crippen molar-refractivity contribution in [2.75, 3.05) is 0 Å². The minimum Gasteiger partial charge on any atom is -0.508 e. The highest BCUT2D eigenvalue weighted by molar-refractivity contribution is 5.52. The Bertz CT molecular complexity index is 554. The van der Waals surface area contributed by atoms with Crippen LogP contribution in [0.2, 0.25) is 0 Å². The Morgan fingerprint density at radius 1 is 0.833 bits per heavy atom. The molecular weight excluding hydrogens is 224 g/mol. The van der Waals surface area contributed by atoms with Gasteiger partial charge in [0.05, 0.1) is 11.4 Å². The molecule has 2 aromatic carbocycles. The summed E-state index contributed by atoms with van der Waals surface area (Å²) in [6.45, 7) is 1.98. The molecule has 0 fully saturated rings. The third-order valence-electron chi connectivity index (χ3n) is 2.38. The zero-order chi connectivity index (χ0) is 12.8. The molecule has 0 aliphatic rings. The Kier molecular flexibility index (Phi) is 3.86. The van der Waals surface area contributed by atoms with Gasteiger partial charge in [-0.05, 0) is 48.9 Å². The van der Waals surface area contributed by atoms with Crippen molar-refractivity contribution < 1.29 is 5.11 Å². The second-order valence-electron chi connectivity index (χ2n) is 3.81. The fraction of sp³-hybridized carbons (Fsp3) is 0.0667. The van der Waals surface area contributed by atoms with E-state index in [-0.39, 0.29) is 5.75 Å². The first-order chi connectivity index (χ1) is 8.78. The molecular formula is C15H14N2O. The van der Waals surface area contributed by atoms with Crippen LogP contribution in [0.25, 0.3) is 6.08 Å². The van der Waals surface area contributed by atoms with Crippen LogP contribution >= 0.6 is 0 Å². The Balaban J connectivity index is 2.11. The summed E-state index contributed by atoms with van der Waals surface area (Å²) in [7, 11) is 0. The van der Waals surface area contributed by atoms with Crippen molar-refractivity contribution >= 4 is 17.5 Å². The van der Waals surface area contributed by atoms with Gasteiger partial charge in [-0.1, -0.05) is 24.3 Å². The molecule has 0 aliphatic heterocycles. The third kappa shape index (κ3) is 3.28. The molecule has 0 spiro atoms. The van der Waals surface area contributed by atoms with E-state index in [9.17, 15) is 0 Å². The third-order valence-corrected chi connectivity index (χ3v) is 2.38. The van der Waals surface area contributed by atoms with Crippen LogP contribution in [0.1, 0.15) is 12.5 Å². The Morgan fingerprint density at radius 2 is 1.33 bits per heavy atom. The second-order valence-corrected chi connectivity index (χ2v) is 3.81. The van der Waals surface area contributed by atoms with Crippen LogP contribution in [0.4, 0.5) is 11.4 Å². The molecule has 0 radical (unpaired) electrons. The first-order valence-corrected chi connectivity index (χ1v) is 5.71. The van der Waals surface area contributed by atoms with E-state index in [2.05, 4.69) is 10.2 Å². The molecule has 3 nitrogen and oxygen atoms in total. The van der Waals surface area contributed by atoms with E-state index in [1.54, 1.807) is 24.3 Å². The normalized spacial score (nSPS) is 11.4. The van der Waals surface area contributed by atoms with Crippen molar-refractivity contribution in [2.24, 2.45) is 10.2 Å². The van der Waals surface area contributed by atoms with Crippen LogP contribution in [0, 0.1) is 0 Å². The quantitative estimate of drug-likeness (QED) is 0.764. The summed E-state index contributed by atoms with van der Waals surface area (Å²) in [5.74, 6) is 0.227. The van der Waals surface area contributed by atoms with Crippen LogP contribution in [0.5, 0.6) is 5.75 Å². The summed E-state index contributed by atoms with van der Waals surface area (Å²) in [5, 5.41) is 17.4. The van der Waals surface area contributed by atoms with Crippen molar-refractivity contribution in [2.45, 2.75) is 6.92 Å². The molecule has 0 saturated carbocycles. The first kappa shape index (κ1) is 12.0. The SMILES string of the molecule is CC=Cc1ccc(N=Nc2ccc(O)cc2)cc1. The van der Waals surface area contributed by atoms with Gasteiger partial charge in [-0.25, -0.2) is 0 Å². The minimum atomic E-state index is 0.227. The van der Waals surface area contributed by atoms with Gasteiger partial charge in [0.2, 0.25) is 0 Å². The summed E-state index contributed by atoms with van der Waals surface area (Å²) in [6, 6.07) is 14.4. The topological polar surface area (TPSA) is 45.0 Å². The molecule has 2 aromatic rings. The molecule has 18 heavy (non-hydrogen) atoms. The number of nitrogens with zero attached hydrogens (tertiary/aromatic N) is 2.